The Morgan fingerprint density at radius 2 is 1.86 bits per heavy atom. The highest BCUT2D eigenvalue weighted by Crippen LogP contribution is 2.30. The number of anilines is 2. The van der Waals surface area contributed by atoms with Crippen molar-refractivity contribution in [1.29, 1.82) is 5.26 Å². The van der Waals surface area contributed by atoms with E-state index in [1.54, 1.807) is 41.2 Å². The molecule has 182 valence electrons. The number of aromatic nitrogens is 5. The van der Waals surface area contributed by atoms with Crippen molar-refractivity contribution < 1.29 is 13.2 Å². The fraction of sp³-hybridized carbons (Fsp3) is 0.333. The quantitative estimate of drug-likeness (QED) is 0.387. The summed E-state index contributed by atoms with van der Waals surface area (Å²) < 4.78 is 35.3. The number of benzene rings is 1. The summed E-state index contributed by atoms with van der Waals surface area (Å²) in [5, 5.41) is 17.3. The molecule has 3 heterocycles. The first-order valence-electron chi connectivity index (χ1n) is 11.1. The lowest BCUT2D eigenvalue weighted by Gasteiger charge is -2.16. The molecule has 11 heteroatoms. The van der Waals surface area contributed by atoms with Crippen LogP contribution in [0.25, 0.3) is 11.0 Å². The summed E-state index contributed by atoms with van der Waals surface area (Å²) in [7, 11) is -3.89. The van der Waals surface area contributed by atoms with Crippen molar-refractivity contribution in [2.75, 3.05) is 11.9 Å². The van der Waals surface area contributed by atoms with E-state index in [0.717, 1.165) is 15.2 Å². The van der Waals surface area contributed by atoms with Gasteiger partial charge >= 0.3 is 0 Å². The van der Waals surface area contributed by atoms with Crippen LogP contribution in [0.15, 0.2) is 47.6 Å². The standard InChI is InChI=1S/C24H27N7O3S/c1-6-34-22-19-11-12-31(35(32,33)18-9-7-16(2)8-10-18)21(19)28-23(29-22)27-20-13-26-30(17(20)3)15-24(4,5)14-25/h7-13H,6,15H2,1-5H3,(H,27,28,29). The highest BCUT2D eigenvalue weighted by Gasteiger charge is 2.24. The van der Waals surface area contributed by atoms with Crippen molar-refractivity contribution in [3.8, 4) is 11.9 Å². The average Bonchev–Trinajstić information content (AvgIpc) is 3.39. The summed E-state index contributed by atoms with van der Waals surface area (Å²) in [6, 6.07) is 10.5. The molecule has 4 rings (SSSR count). The Hall–Kier alpha value is -3.91. The molecule has 10 nitrogen and oxygen atoms in total. The molecule has 0 aliphatic heterocycles. The van der Waals surface area contributed by atoms with E-state index in [4.69, 9.17) is 4.74 Å². The molecule has 1 aromatic carbocycles. The first-order chi connectivity index (χ1) is 16.6. The van der Waals surface area contributed by atoms with Crippen LogP contribution in [0, 0.1) is 30.6 Å². The van der Waals surface area contributed by atoms with Gasteiger partial charge in [-0.1, -0.05) is 17.7 Å². The fourth-order valence-electron chi connectivity index (χ4n) is 3.54. The molecule has 0 spiro atoms. The average molecular weight is 494 g/mol. The number of nitrogens with zero attached hydrogens (tertiary/aromatic N) is 6. The summed E-state index contributed by atoms with van der Waals surface area (Å²) in [6.07, 6.45) is 3.08. The molecular formula is C24H27N7O3S. The Bertz CT molecular complexity index is 1530. The second kappa shape index (κ2) is 9.03. The molecule has 0 fully saturated rings. The van der Waals surface area contributed by atoms with Crippen molar-refractivity contribution >= 4 is 32.7 Å². The maximum absolute atomic E-state index is 13.4. The number of aryl methyl sites for hydroxylation is 1. The van der Waals surface area contributed by atoms with E-state index in [-0.39, 0.29) is 22.4 Å². The normalized spacial score (nSPS) is 12.0. The van der Waals surface area contributed by atoms with Gasteiger partial charge in [-0.2, -0.15) is 20.3 Å². The summed E-state index contributed by atoms with van der Waals surface area (Å²) >= 11 is 0. The molecule has 1 N–H and O–H groups in total. The largest absolute Gasteiger partial charge is 0.477 e. The number of ether oxygens (including phenoxy) is 1. The van der Waals surface area contributed by atoms with Gasteiger partial charge in [-0.05, 0) is 52.8 Å². The Balaban J connectivity index is 1.77. The smallest absolute Gasteiger partial charge is 0.269 e. The maximum Gasteiger partial charge on any atom is 0.269 e. The Morgan fingerprint density at radius 3 is 2.51 bits per heavy atom. The summed E-state index contributed by atoms with van der Waals surface area (Å²) in [5.74, 6) is 0.440. The van der Waals surface area contributed by atoms with Crippen LogP contribution in [0.2, 0.25) is 0 Å². The van der Waals surface area contributed by atoms with Crippen LogP contribution in [0.5, 0.6) is 5.88 Å². The monoisotopic (exact) mass is 493 g/mol. The van der Waals surface area contributed by atoms with E-state index in [9.17, 15) is 13.7 Å². The van der Waals surface area contributed by atoms with Gasteiger partial charge in [-0.25, -0.2) is 12.4 Å². The molecule has 0 saturated heterocycles. The first kappa shape index (κ1) is 24.2. The number of nitriles is 1. The van der Waals surface area contributed by atoms with Crippen LogP contribution < -0.4 is 10.1 Å². The highest BCUT2D eigenvalue weighted by molar-refractivity contribution is 7.90. The van der Waals surface area contributed by atoms with Crippen LogP contribution in [0.3, 0.4) is 0 Å². The zero-order valence-electron chi connectivity index (χ0n) is 20.3. The lowest BCUT2D eigenvalue weighted by Crippen LogP contribution is -2.19. The van der Waals surface area contributed by atoms with E-state index < -0.39 is 15.4 Å². The lowest BCUT2D eigenvalue weighted by molar-refractivity contribution is 0.331. The van der Waals surface area contributed by atoms with E-state index >= 15 is 0 Å². The van der Waals surface area contributed by atoms with Crippen LogP contribution in [-0.4, -0.2) is 38.7 Å². The van der Waals surface area contributed by atoms with Gasteiger partial charge in [0.15, 0.2) is 5.65 Å². The SMILES string of the molecule is CCOc1nc(Nc2cnn(CC(C)(C)C#N)c2C)nc2c1ccn2S(=O)(=O)c1ccc(C)cc1. The molecule has 0 atom stereocenters. The van der Waals surface area contributed by atoms with Crippen molar-refractivity contribution in [2.24, 2.45) is 5.41 Å². The minimum absolute atomic E-state index is 0.156. The molecular weight excluding hydrogens is 466 g/mol. The van der Waals surface area contributed by atoms with E-state index in [0.29, 0.717) is 24.2 Å². The third kappa shape index (κ3) is 4.70. The molecule has 0 aliphatic carbocycles. The zero-order chi connectivity index (χ0) is 25.4. The van der Waals surface area contributed by atoms with Crippen LogP contribution >= 0.6 is 0 Å². The van der Waals surface area contributed by atoms with E-state index in [1.165, 1.54) is 6.20 Å². The molecule has 0 amide bonds. The molecule has 4 aromatic rings. The van der Waals surface area contributed by atoms with Gasteiger partial charge in [0.25, 0.3) is 10.0 Å². The van der Waals surface area contributed by atoms with Gasteiger partial charge in [0.1, 0.15) is 0 Å². The third-order valence-corrected chi connectivity index (χ3v) is 7.21. The summed E-state index contributed by atoms with van der Waals surface area (Å²) in [6.45, 7) is 10.0. The topological polar surface area (TPSA) is 128 Å². The number of hydrogen-bond donors (Lipinski definition) is 1. The molecule has 3 aromatic heterocycles. The molecule has 0 radical (unpaired) electrons. The molecule has 0 unspecified atom stereocenters. The predicted molar refractivity (Wildman–Crippen MR) is 132 cm³/mol. The van der Waals surface area contributed by atoms with Gasteiger partial charge in [0.2, 0.25) is 11.8 Å². The third-order valence-electron chi connectivity index (χ3n) is 5.53. The van der Waals surface area contributed by atoms with Gasteiger partial charge in [0.05, 0.1) is 52.5 Å². The van der Waals surface area contributed by atoms with Gasteiger partial charge in [-0.15, -0.1) is 0 Å². The van der Waals surface area contributed by atoms with E-state index in [1.807, 2.05) is 34.6 Å². The summed E-state index contributed by atoms with van der Waals surface area (Å²) in [5.41, 5.74) is 2.00. The minimum atomic E-state index is -3.89. The van der Waals surface area contributed by atoms with Crippen molar-refractivity contribution in [2.45, 2.75) is 46.1 Å². The molecule has 0 aliphatic rings. The Morgan fingerprint density at radius 1 is 1.14 bits per heavy atom. The zero-order valence-corrected chi connectivity index (χ0v) is 21.1. The first-order valence-corrected chi connectivity index (χ1v) is 12.5. The number of hydrogen-bond acceptors (Lipinski definition) is 8. The predicted octanol–water partition coefficient (Wildman–Crippen LogP) is 4.17. The van der Waals surface area contributed by atoms with Crippen molar-refractivity contribution in [1.82, 2.24) is 23.7 Å². The molecule has 0 saturated carbocycles. The van der Waals surface area contributed by atoms with Crippen molar-refractivity contribution in [3.05, 3.63) is 54.0 Å². The molecule has 35 heavy (non-hydrogen) atoms. The summed E-state index contributed by atoms with van der Waals surface area (Å²) in [4.78, 5) is 9.14. The lowest BCUT2D eigenvalue weighted by atomic mass is 9.96. The van der Waals surface area contributed by atoms with Gasteiger partial charge in [-0.3, -0.25) is 4.68 Å². The number of rotatable bonds is 8. The number of fused-ring (bicyclic) bond motifs is 1. The van der Waals surface area contributed by atoms with Crippen LogP contribution in [0.4, 0.5) is 11.6 Å². The van der Waals surface area contributed by atoms with Crippen molar-refractivity contribution in [3.63, 3.8) is 0 Å². The van der Waals surface area contributed by atoms with Gasteiger partial charge in [0, 0.05) is 6.20 Å². The van der Waals surface area contributed by atoms with Crippen LogP contribution in [-0.2, 0) is 16.6 Å². The van der Waals surface area contributed by atoms with E-state index in [2.05, 4.69) is 26.5 Å². The van der Waals surface area contributed by atoms with Gasteiger partial charge < -0.3 is 10.1 Å². The highest BCUT2D eigenvalue weighted by atomic mass is 32.2. The fourth-order valence-corrected chi connectivity index (χ4v) is 4.84. The molecule has 0 bridgehead atoms. The Labute approximate surface area is 204 Å². The number of nitrogens with one attached hydrogen (secondary N) is 1. The minimum Gasteiger partial charge on any atom is -0.477 e. The second-order valence-electron chi connectivity index (χ2n) is 8.87. The maximum atomic E-state index is 13.4. The van der Waals surface area contributed by atoms with Crippen LogP contribution in [0.1, 0.15) is 32.0 Å². The second-order valence-corrected chi connectivity index (χ2v) is 10.7. The Kier molecular flexibility index (Phi) is 6.25.